The molecule has 1 aromatic rings. The summed E-state index contributed by atoms with van der Waals surface area (Å²) in [5, 5.41) is -1.07. The molecule has 0 bridgehead atoms. The van der Waals surface area contributed by atoms with E-state index in [4.69, 9.17) is 9.47 Å². The molecule has 1 unspecified atom stereocenters. The minimum absolute atomic E-state index is 0.122. The summed E-state index contributed by atoms with van der Waals surface area (Å²) in [6, 6.07) is 8.15. The number of carbonyl (C=O) groups is 1. The number of carbonyl (C=O) groups excluding carboxylic acids is 1. The van der Waals surface area contributed by atoms with Crippen molar-refractivity contribution < 1.29 is 22.7 Å². The van der Waals surface area contributed by atoms with Crippen molar-refractivity contribution in [2.45, 2.75) is 36.0 Å². The van der Waals surface area contributed by atoms with Gasteiger partial charge in [0.2, 0.25) is 0 Å². The van der Waals surface area contributed by atoms with Crippen LogP contribution in [0.4, 0.5) is 0 Å². The third kappa shape index (κ3) is 2.98. The van der Waals surface area contributed by atoms with Gasteiger partial charge in [0, 0.05) is 12.5 Å². The molecule has 5 nitrogen and oxygen atoms in total. The molecule has 0 radical (unpaired) electrons. The maximum Gasteiger partial charge on any atom is 0.189 e. The van der Waals surface area contributed by atoms with Gasteiger partial charge >= 0.3 is 0 Å². The highest BCUT2D eigenvalue weighted by molar-refractivity contribution is 7.93. The molecule has 1 fully saturated rings. The lowest BCUT2D eigenvalue weighted by molar-refractivity contribution is -0.117. The van der Waals surface area contributed by atoms with Crippen LogP contribution in [-0.4, -0.2) is 39.0 Å². The summed E-state index contributed by atoms with van der Waals surface area (Å²) in [6.45, 7) is 2.52. The maximum absolute atomic E-state index is 12.9. The van der Waals surface area contributed by atoms with Crippen LogP contribution in [0.2, 0.25) is 0 Å². The summed E-state index contributed by atoms with van der Waals surface area (Å²) < 4.78 is 36.7. The van der Waals surface area contributed by atoms with Gasteiger partial charge in [-0.3, -0.25) is 4.79 Å². The van der Waals surface area contributed by atoms with Crippen LogP contribution in [0, 0.1) is 5.92 Å². The molecule has 0 aliphatic heterocycles. The molecule has 3 rings (SSSR count). The molecule has 6 heteroatoms. The van der Waals surface area contributed by atoms with Gasteiger partial charge in [0.25, 0.3) is 0 Å². The largest absolute Gasteiger partial charge is 0.356 e. The summed E-state index contributed by atoms with van der Waals surface area (Å²) in [5.74, 6) is -0.730. The highest BCUT2D eigenvalue weighted by Gasteiger charge is 2.51. The topological polar surface area (TPSA) is 69.7 Å². The summed E-state index contributed by atoms with van der Waals surface area (Å²) in [6.07, 6.45) is 2.63. The van der Waals surface area contributed by atoms with Crippen LogP contribution in [0.25, 0.3) is 0 Å². The predicted octanol–water partition coefficient (Wildman–Crippen LogP) is 2.13. The Morgan fingerprint density at radius 3 is 2.65 bits per heavy atom. The van der Waals surface area contributed by atoms with Gasteiger partial charge in [-0.2, -0.15) is 0 Å². The van der Waals surface area contributed by atoms with Gasteiger partial charge in [0.1, 0.15) is 12.0 Å². The van der Waals surface area contributed by atoms with E-state index in [1.54, 1.807) is 18.2 Å². The zero-order chi connectivity index (χ0) is 16.4. The van der Waals surface area contributed by atoms with E-state index in [0.29, 0.717) is 13.0 Å². The van der Waals surface area contributed by atoms with Crippen LogP contribution in [-0.2, 0) is 24.1 Å². The molecular weight excluding hydrogens is 316 g/mol. The van der Waals surface area contributed by atoms with Crippen molar-refractivity contribution in [1.29, 1.82) is 0 Å². The maximum atomic E-state index is 12.9. The van der Waals surface area contributed by atoms with Crippen molar-refractivity contribution in [2.75, 3.05) is 13.4 Å². The summed E-state index contributed by atoms with van der Waals surface area (Å²) in [7, 11) is -3.73. The lowest BCUT2D eigenvalue weighted by Gasteiger charge is -2.24. The minimum atomic E-state index is -3.73. The van der Waals surface area contributed by atoms with Crippen molar-refractivity contribution in [3.63, 3.8) is 0 Å². The highest BCUT2D eigenvalue weighted by Crippen LogP contribution is 2.44. The standard InChI is InChI=1S/C17H20O5S/c1-2-21-11-22-15-9-8-12-10-14(18)17(16(12)15)23(19,20)13-6-4-3-5-7-13/h3-7,10,15-17H,2,8-9,11H2,1H3/t15-,16+,17?/m0/s1. The average molecular weight is 336 g/mol. The van der Waals surface area contributed by atoms with E-state index in [2.05, 4.69) is 0 Å². The van der Waals surface area contributed by atoms with Crippen LogP contribution in [0.3, 0.4) is 0 Å². The number of rotatable bonds is 6. The number of ketones is 1. The SMILES string of the molecule is CCOCO[C@H]1CCC2=CC(=O)C(S(=O)(=O)c3ccccc3)[C@H]21. The van der Waals surface area contributed by atoms with E-state index >= 15 is 0 Å². The van der Waals surface area contributed by atoms with Crippen molar-refractivity contribution in [1.82, 2.24) is 0 Å². The number of fused-ring (bicyclic) bond motifs is 1. The third-order valence-corrected chi connectivity index (χ3v) is 6.58. The molecule has 2 aliphatic carbocycles. The number of allylic oxidation sites excluding steroid dienone is 1. The molecule has 0 spiro atoms. The highest BCUT2D eigenvalue weighted by atomic mass is 32.2. The molecule has 0 saturated heterocycles. The molecular formula is C17H20O5S. The van der Waals surface area contributed by atoms with E-state index in [9.17, 15) is 13.2 Å². The average Bonchev–Trinajstić information content (AvgIpc) is 3.07. The number of hydrogen-bond acceptors (Lipinski definition) is 5. The van der Waals surface area contributed by atoms with Crippen molar-refractivity contribution in [3.05, 3.63) is 42.0 Å². The van der Waals surface area contributed by atoms with Gasteiger partial charge in [-0.1, -0.05) is 23.8 Å². The Bertz CT molecular complexity index is 708. The summed E-state index contributed by atoms with van der Waals surface area (Å²) in [5.41, 5.74) is 0.890. The first kappa shape index (κ1) is 16.4. The van der Waals surface area contributed by atoms with E-state index in [0.717, 1.165) is 12.0 Å². The van der Waals surface area contributed by atoms with Gasteiger partial charge in [0.15, 0.2) is 15.6 Å². The second-order valence-electron chi connectivity index (χ2n) is 5.78. The Labute approximate surface area is 136 Å². The second-order valence-corrected chi connectivity index (χ2v) is 7.85. The molecule has 23 heavy (non-hydrogen) atoms. The van der Waals surface area contributed by atoms with E-state index in [1.807, 2.05) is 6.92 Å². The second kappa shape index (κ2) is 6.55. The molecule has 0 aromatic heterocycles. The molecule has 2 aliphatic rings. The fraction of sp³-hybridized carbons (Fsp3) is 0.471. The van der Waals surface area contributed by atoms with Crippen LogP contribution in [0.1, 0.15) is 19.8 Å². The van der Waals surface area contributed by atoms with Crippen molar-refractivity contribution in [3.8, 4) is 0 Å². The molecule has 0 amide bonds. The minimum Gasteiger partial charge on any atom is -0.356 e. The van der Waals surface area contributed by atoms with E-state index in [-0.39, 0.29) is 23.6 Å². The zero-order valence-electron chi connectivity index (χ0n) is 13.0. The lowest BCUT2D eigenvalue weighted by atomic mass is 10.0. The predicted molar refractivity (Wildman–Crippen MR) is 84.6 cm³/mol. The summed E-state index contributed by atoms with van der Waals surface area (Å²) in [4.78, 5) is 12.5. The molecule has 1 aromatic carbocycles. The third-order valence-electron chi connectivity index (χ3n) is 4.46. The number of hydrogen-bond donors (Lipinski definition) is 0. The Morgan fingerprint density at radius 1 is 1.22 bits per heavy atom. The number of ether oxygens (including phenoxy) is 2. The van der Waals surface area contributed by atoms with Gasteiger partial charge in [0.05, 0.1) is 11.0 Å². The van der Waals surface area contributed by atoms with Crippen LogP contribution < -0.4 is 0 Å². The lowest BCUT2D eigenvalue weighted by Crippen LogP contribution is -2.38. The van der Waals surface area contributed by atoms with Crippen molar-refractivity contribution in [2.24, 2.45) is 5.92 Å². The quantitative estimate of drug-likeness (QED) is 0.588. The van der Waals surface area contributed by atoms with Crippen LogP contribution in [0.15, 0.2) is 46.9 Å². The Kier molecular flexibility index (Phi) is 4.66. The fourth-order valence-corrected chi connectivity index (χ4v) is 5.34. The molecule has 0 N–H and O–H groups in total. The van der Waals surface area contributed by atoms with Gasteiger partial charge in [-0.25, -0.2) is 8.42 Å². The fourth-order valence-electron chi connectivity index (χ4n) is 3.40. The van der Waals surface area contributed by atoms with Gasteiger partial charge in [-0.15, -0.1) is 0 Å². The molecule has 0 heterocycles. The monoisotopic (exact) mass is 336 g/mol. The van der Waals surface area contributed by atoms with Gasteiger partial charge in [-0.05, 0) is 38.0 Å². The van der Waals surface area contributed by atoms with E-state index < -0.39 is 21.0 Å². The normalized spacial score (nSPS) is 27.1. The number of benzene rings is 1. The summed E-state index contributed by atoms with van der Waals surface area (Å²) >= 11 is 0. The van der Waals surface area contributed by atoms with Gasteiger partial charge < -0.3 is 9.47 Å². The molecule has 1 saturated carbocycles. The first-order valence-corrected chi connectivity index (χ1v) is 9.33. The zero-order valence-corrected chi connectivity index (χ0v) is 13.8. The molecule has 124 valence electrons. The van der Waals surface area contributed by atoms with Crippen LogP contribution in [0.5, 0.6) is 0 Å². The Balaban J connectivity index is 1.88. The first-order chi connectivity index (χ1) is 11.1. The first-order valence-electron chi connectivity index (χ1n) is 7.78. The van der Waals surface area contributed by atoms with Crippen LogP contribution >= 0.6 is 0 Å². The smallest absolute Gasteiger partial charge is 0.189 e. The number of sulfone groups is 1. The molecule has 3 atom stereocenters. The Hall–Kier alpha value is -1.50. The van der Waals surface area contributed by atoms with E-state index in [1.165, 1.54) is 18.2 Å². The Morgan fingerprint density at radius 2 is 1.96 bits per heavy atom. The van der Waals surface area contributed by atoms with Crippen molar-refractivity contribution >= 4 is 15.6 Å².